The monoisotopic (exact) mass is 487 g/mol. The molecule has 0 bridgehead atoms. The Morgan fingerprint density at radius 3 is 2.50 bits per heavy atom. The molecule has 2 aliphatic heterocycles. The van der Waals surface area contributed by atoms with Gasteiger partial charge >= 0.3 is 5.97 Å². The topological polar surface area (TPSA) is 96.5 Å². The van der Waals surface area contributed by atoms with Crippen LogP contribution in [0.3, 0.4) is 0 Å². The van der Waals surface area contributed by atoms with E-state index in [1.165, 1.54) is 43.9 Å². The summed E-state index contributed by atoms with van der Waals surface area (Å²) in [7, 11) is 0. The van der Waals surface area contributed by atoms with E-state index in [0.717, 1.165) is 32.2 Å². The summed E-state index contributed by atoms with van der Waals surface area (Å²) < 4.78 is 5.42. The summed E-state index contributed by atoms with van der Waals surface area (Å²) in [6, 6.07) is 6.64. The van der Waals surface area contributed by atoms with Gasteiger partial charge in [0.05, 0.1) is 11.7 Å². The summed E-state index contributed by atoms with van der Waals surface area (Å²) in [5.74, 6) is 1.18. The van der Waals surface area contributed by atoms with Crippen LogP contribution in [0.5, 0.6) is 5.75 Å². The molecule has 3 N–H and O–H groups in total. The lowest BCUT2D eigenvalue weighted by Gasteiger charge is -2.39. The second kappa shape index (κ2) is 12.2. The molecule has 4 atom stereocenters. The summed E-state index contributed by atoms with van der Waals surface area (Å²) in [6.45, 7) is 2.91. The molecule has 4 rings (SSSR count). The van der Waals surface area contributed by atoms with Crippen molar-refractivity contribution in [1.82, 2.24) is 16.0 Å². The molecular formula is C26H37N3O4S. The van der Waals surface area contributed by atoms with E-state index in [1.807, 2.05) is 0 Å². The first-order valence-electron chi connectivity index (χ1n) is 12.8. The van der Waals surface area contributed by atoms with E-state index in [0.29, 0.717) is 17.2 Å². The third kappa shape index (κ3) is 6.61. The number of hydrogen-bond acceptors (Lipinski definition) is 7. The van der Waals surface area contributed by atoms with Crippen molar-refractivity contribution in [3.05, 3.63) is 29.8 Å². The molecule has 0 radical (unpaired) electrons. The lowest BCUT2D eigenvalue weighted by atomic mass is 9.80. The highest BCUT2D eigenvalue weighted by atomic mass is 32.2. The fourth-order valence-electron chi connectivity index (χ4n) is 5.37. The number of nitrogens with one attached hydrogen (secondary N) is 3. The maximum Gasteiger partial charge on any atom is 0.328 e. The van der Waals surface area contributed by atoms with Gasteiger partial charge in [-0.2, -0.15) is 0 Å². The summed E-state index contributed by atoms with van der Waals surface area (Å²) in [5.41, 5.74) is 0.311. The number of ether oxygens (including phenoxy) is 1. The molecule has 2 saturated heterocycles. The second-order valence-electron chi connectivity index (χ2n) is 9.74. The van der Waals surface area contributed by atoms with Crippen LogP contribution in [0.2, 0.25) is 0 Å². The molecule has 186 valence electrons. The predicted octanol–water partition coefficient (Wildman–Crippen LogP) is 3.63. The summed E-state index contributed by atoms with van der Waals surface area (Å²) in [5, 5.41) is 9.78. The van der Waals surface area contributed by atoms with Crippen LogP contribution in [0.1, 0.15) is 75.1 Å². The Hall–Kier alpha value is -1.90. The highest BCUT2D eigenvalue weighted by Crippen LogP contribution is 2.31. The van der Waals surface area contributed by atoms with Crippen LogP contribution in [-0.2, 0) is 9.59 Å². The molecule has 3 fully saturated rings. The van der Waals surface area contributed by atoms with Gasteiger partial charge in [0.2, 0.25) is 5.91 Å². The van der Waals surface area contributed by atoms with Crippen molar-refractivity contribution in [2.24, 2.45) is 11.8 Å². The van der Waals surface area contributed by atoms with Gasteiger partial charge in [0.25, 0.3) is 0 Å². The average Bonchev–Trinajstić information content (AvgIpc) is 3.39. The predicted molar refractivity (Wildman–Crippen MR) is 134 cm³/mol. The van der Waals surface area contributed by atoms with Gasteiger partial charge in [-0.05, 0) is 62.4 Å². The molecule has 7 nitrogen and oxygen atoms in total. The number of thioether (sulfide) groups is 1. The summed E-state index contributed by atoms with van der Waals surface area (Å²) in [4.78, 5) is 37.6. The van der Waals surface area contributed by atoms with Crippen molar-refractivity contribution in [3.63, 3.8) is 0 Å². The molecule has 2 heterocycles. The molecule has 3 aliphatic rings. The van der Waals surface area contributed by atoms with Crippen molar-refractivity contribution in [2.45, 2.75) is 82.3 Å². The standard InChI is InChI=1S/C26H37N3O4S/c1-2-20-22(15-17-7-4-3-5-8-17)28-26(29-24(20)31)34-16-23(30)18-10-12-19(13-11-18)33-25(32)21-9-6-14-27-21/h10-13,17,20-22,26-28H,2-9,14-16H2,1H3,(H,29,31). The van der Waals surface area contributed by atoms with Gasteiger partial charge in [-0.3, -0.25) is 14.9 Å². The largest absolute Gasteiger partial charge is 0.425 e. The third-order valence-corrected chi connectivity index (χ3v) is 8.35. The molecule has 0 aromatic heterocycles. The quantitative estimate of drug-likeness (QED) is 0.278. The van der Waals surface area contributed by atoms with E-state index in [1.54, 1.807) is 24.3 Å². The number of benzene rings is 1. The second-order valence-corrected chi connectivity index (χ2v) is 10.8. The van der Waals surface area contributed by atoms with Crippen LogP contribution in [0.25, 0.3) is 0 Å². The number of hydrogen-bond donors (Lipinski definition) is 3. The zero-order chi connectivity index (χ0) is 23.9. The highest BCUT2D eigenvalue weighted by molar-refractivity contribution is 8.00. The number of carbonyl (C=O) groups is 3. The van der Waals surface area contributed by atoms with E-state index in [9.17, 15) is 14.4 Å². The number of rotatable bonds is 9. The van der Waals surface area contributed by atoms with Crippen molar-refractivity contribution in [3.8, 4) is 5.75 Å². The Kier molecular flexibility index (Phi) is 9.03. The minimum Gasteiger partial charge on any atom is -0.425 e. The van der Waals surface area contributed by atoms with Gasteiger partial charge in [0.1, 0.15) is 17.3 Å². The van der Waals surface area contributed by atoms with Crippen LogP contribution in [0.15, 0.2) is 24.3 Å². The Morgan fingerprint density at radius 1 is 1.06 bits per heavy atom. The van der Waals surface area contributed by atoms with Gasteiger partial charge < -0.3 is 15.4 Å². The SMILES string of the molecule is CCC1C(=O)NC(SCC(=O)c2ccc(OC(=O)C3CCCN3)cc2)NC1CC1CCCCC1. The van der Waals surface area contributed by atoms with Gasteiger partial charge in [-0.25, -0.2) is 4.79 Å². The molecule has 34 heavy (non-hydrogen) atoms. The van der Waals surface area contributed by atoms with Gasteiger partial charge in [-0.1, -0.05) is 39.0 Å². The summed E-state index contributed by atoms with van der Waals surface area (Å²) >= 11 is 1.43. The zero-order valence-electron chi connectivity index (χ0n) is 20.0. The molecule has 1 saturated carbocycles. The first kappa shape index (κ1) is 25.2. The number of ketones is 1. The number of esters is 1. The van der Waals surface area contributed by atoms with Crippen LogP contribution in [0, 0.1) is 11.8 Å². The molecule has 4 unspecified atom stereocenters. The molecule has 1 amide bonds. The molecular weight excluding hydrogens is 450 g/mol. The molecule has 1 aromatic carbocycles. The lowest BCUT2D eigenvalue weighted by Crippen LogP contribution is -2.60. The first-order chi connectivity index (χ1) is 16.5. The maximum absolute atomic E-state index is 12.8. The van der Waals surface area contributed by atoms with Crippen LogP contribution in [0.4, 0.5) is 0 Å². The van der Waals surface area contributed by atoms with Crippen LogP contribution < -0.4 is 20.7 Å². The van der Waals surface area contributed by atoms with E-state index in [2.05, 4.69) is 22.9 Å². The van der Waals surface area contributed by atoms with Gasteiger partial charge in [0.15, 0.2) is 5.78 Å². The average molecular weight is 488 g/mol. The lowest BCUT2D eigenvalue weighted by molar-refractivity contribution is -0.136. The van der Waals surface area contributed by atoms with E-state index in [4.69, 9.17) is 4.74 Å². The minimum absolute atomic E-state index is 0.0100. The fraction of sp³-hybridized carbons (Fsp3) is 0.654. The van der Waals surface area contributed by atoms with E-state index in [-0.39, 0.29) is 46.9 Å². The van der Waals surface area contributed by atoms with Crippen LogP contribution >= 0.6 is 11.8 Å². The van der Waals surface area contributed by atoms with Crippen molar-refractivity contribution in [1.29, 1.82) is 0 Å². The van der Waals surface area contributed by atoms with Crippen molar-refractivity contribution in [2.75, 3.05) is 12.3 Å². The number of amides is 1. The van der Waals surface area contributed by atoms with Crippen molar-refractivity contribution < 1.29 is 19.1 Å². The zero-order valence-corrected chi connectivity index (χ0v) is 20.8. The third-order valence-electron chi connectivity index (χ3n) is 7.33. The van der Waals surface area contributed by atoms with Crippen molar-refractivity contribution >= 4 is 29.4 Å². The van der Waals surface area contributed by atoms with Crippen LogP contribution in [-0.4, -0.2) is 47.5 Å². The molecule has 8 heteroatoms. The highest BCUT2D eigenvalue weighted by Gasteiger charge is 2.36. The Morgan fingerprint density at radius 2 is 1.82 bits per heavy atom. The van der Waals surface area contributed by atoms with Gasteiger partial charge in [-0.15, -0.1) is 11.8 Å². The molecule has 1 aromatic rings. The molecule has 1 aliphatic carbocycles. The minimum atomic E-state index is -0.278. The number of Topliss-reactive ketones (excluding diaryl/α,β-unsaturated/α-hetero) is 1. The number of carbonyl (C=O) groups excluding carboxylic acids is 3. The Labute approximate surface area is 206 Å². The van der Waals surface area contributed by atoms with E-state index >= 15 is 0 Å². The smallest absolute Gasteiger partial charge is 0.328 e. The first-order valence-corrected chi connectivity index (χ1v) is 13.8. The van der Waals surface area contributed by atoms with Gasteiger partial charge in [0, 0.05) is 11.6 Å². The Balaban J connectivity index is 1.27. The Bertz CT molecular complexity index is 850. The summed E-state index contributed by atoms with van der Waals surface area (Å²) in [6.07, 6.45) is 10.1. The normalized spacial score (nSPS) is 27.9. The molecule has 0 spiro atoms. The van der Waals surface area contributed by atoms with E-state index < -0.39 is 0 Å². The fourth-order valence-corrected chi connectivity index (χ4v) is 6.32. The maximum atomic E-state index is 12.8.